The van der Waals surface area contributed by atoms with Gasteiger partial charge in [0.05, 0.1) is 18.3 Å². The minimum absolute atomic E-state index is 0.0460. The second-order valence-electron chi connectivity index (χ2n) is 6.08. The van der Waals surface area contributed by atoms with Gasteiger partial charge in [0.2, 0.25) is 0 Å². The summed E-state index contributed by atoms with van der Waals surface area (Å²) in [4.78, 5) is 23.4. The van der Waals surface area contributed by atoms with Gasteiger partial charge >= 0.3 is 0 Å². The minimum atomic E-state index is -0.711. The molecule has 1 N–H and O–H groups in total. The van der Waals surface area contributed by atoms with Crippen LogP contribution in [0.25, 0.3) is 0 Å². The maximum Gasteiger partial charge on any atom is 0.255 e. The number of amides is 1. The molecule has 0 bridgehead atoms. The summed E-state index contributed by atoms with van der Waals surface area (Å²) in [6.07, 6.45) is 1.94. The smallest absolute Gasteiger partial charge is 0.255 e. The Hall–Kier alpha value is -2.60. The van der Waals surface area contributed by atoms with Gasteiger partial charge < -0.3 is 14.8 Å². The molecule has 0 heterocycles. The van der Waals surface area contributed by atoms with Crippen LogP contribution in [-0.2, 0) is 0 Å². The molecule has 0 atom stereocenters. The fourth-order valence-electron chi connectivity index (χ4n) is 2.59. The molecule has 2 rings (SSSR count). The molecular weight excluding hydrogens is 385 g/mol. The molecule has 0 aliphatic heterocycles. The lowest BCUT2D eigenvalue weighted by Gasteiger charge is -2.19. The van der Waals surface area contributed by atoms with Crippen molar-refractivity contribution >= 4 is 29.5 Å². The van der Waals surface area contributed by atoms with E-state index in [1.807, 2.05) is 20.8 Å². The highest BCUT2D eigenvalue weighted by atomic mass is 35.5. The SMILES string of the molecule is CCOc1cc(C(=O)Nc2ccc(C=O)c(F)c2)cc(OC(CC)CC)c1Cl. The van der Waals surface area contributed by atoms with Crippen LogP contribution in [0, 0.1) is 5.82 Å². The number of benzene rings is 2. The van der Waals surface area contributed by atoms with E-state index < -0.39 is 11.7 Å². The summed E-state index contributed by atoms with van der Waals surface area (Å²) < 4.78 is 25.2. The fraction of sp³-hybridized carbons (Fsp3) is 0.333. The molecule has 0 spiro atoms. The monoisotopic (exact) mass is 407 g/mol. The third-order valence-corrected chi connectivity index (χ3v) is 4.53. The van der Waals surface area contributed by atoms with E-state index >= 15 is 0 Å². The van der Waals surface area contributed by atoms with Gasteiger partial charge in [-0.05, 0) is 50.1 Å². The molecule has 0 aliphatic rings. The van der Waals surface area contributed by atoms with Crippen LogP contribution in [0.15, 0.2) is 30.3 Å². The molecule has 0 aliphatic carbocycles. The molecule has 2 aromatic carbocycles. The van der Waals surface area contributed by atoms with Crippen molar-refractivity contribution in [2.24, 2.45) is 0 Å². The second kappa shape index (κ2) is 10.1. The Bertz CT molecular complexity index is 853. The normalized spacial score (nSPS) is 10.6. The molecule has 7 heteroatoms. The van der Waals surface area contributed by atoms with E-state index in [4.69, 9.17) is 21.1 Å². The number of nitrogens with one attached hydrogen (secondary N) is 1. The zero-order valence-corrected chi connectivity index (χ0v) is 16.8. The number of carbonyl (C=O) groups excluding carboxylic acids is 2. The molecule has 28 heavy (non-hydrogen) atoms. The summed E-state index contributed by atoms with van der Waals surface area (Å²) in [5, 5.41) is 2.90. The Morgan fingerprint density at radius 2 is 1.86 bits per heavy atom. The van der Waals surface area contributed by atoms with E-state index in [2.05, 4.69) is 5.32 Å². The predicted octanol–water partition coefficient (Wildman–Crippen LogP) is 5.51. The predicted molar refractivity (Wildman–Crippen MR) is 107 cm³/mol. The lowest BCUT2D eigenvalue weighted by Crippen LogP contribution is -2.16. The van der Waals surface area contributed by atoms with E-state index in [1.165, 1.54) is 24.3 Å². The number of aldehydes is 1. The first kappa shape index (κ1) is 21.7. The molecule has 0 unspecified atom stereocenters. The zero-order valence-electron chi connectivity index (χ0n) is 16.1. The Balaban J connectivity index is 2.34. The number of anilines is 1. The van der Waals surface area contributed by atoms with Gasteiger partial charge in [-0.3, -0.25) is 9.59 Å². The van der Waals surface area contributed by atoms with Crippen molar-refractivity contribution in [3.05, 3.63) is 52.3 Å². The van der Waals surface area contributed by atoms with Gasteiger partial charge in [-0.2, -0.15) is 0 Å². The summed E-state index contributed by atoms with van der Waals surface area (Å²) >= 11 is 6.37. The van der Waals surface area contributed by atoms with Gasteiger partial charge in [0.1, 0.15) is 22.3 Å². The third-order valence-electron chi connectivity index (χ3n) is 4.16. The van der Waals surface area contributed by atoms with Crippen LogP contribution in [0.5, 0.6) is 11.5 Å². The van der Waals surface area contributed by atoms with Crippen molar-refractivity contribution in [3.63, 3.8) is 0 Å². The molecule has 0 aromatic heterocycles. The Morgan fingerprint density at radius 3 is 2.43 bits per heavy atom. The maximum atomic E-state index is 13.8. The first-order chi connectivity index (χ1) is 13.4. The van der Waals surface area contributed by atoms with Crippen molar-refractivity contribution in [1.82, 2.24) is 0 Å². The number of hydrogen-bond donors (Lipinski definition) is 1. The van der Waals surface area contributed by atoms with Crippen LogP contribution in [-0.4, -0.2) is 24.9 Å². The molecule has 150 valence electrons. The number of halogens is 2. The van der Waals surface area contributed by atoms with Crippen LogP contribution in [0.1, 0.15) is 54.3 Å². The molecule has 1 amide bonds. The quantitative estimate of drug-likeness (QED) is 0.556. The van der Waals surface area contributed by atoms with Crippen LogP contribution in [0.3, 0.4) is 0 Å². The van der Waals surface area contributed by atoms with Crippen molar-refractivity contribution in [2.75, 3.05) is 11.9 Å². The molecule has 0 fully saturated rings. The van der Waals surface area contributed by atoms with Gasteiger partial charge in [0.25, 0.3) is 5.91 Å². The topological polar surface area (TPSA) is 64.6 Å². The molecule has 0 radical (unpaired) electrons. The maximum absolute atomic E-state index is 13.8. The Kier molecular flexibility index (Phi) is 7.81. The summed E-state index contributed by atoms with van der Waals surface area (Å²) in [5.41, 5.74) is 0.404. The van der Waals surface area contributed by atoms with E-state index in [9.17, 15) is 14.0 Å². The number of carbonyl (C=O) groups is 2. The van der Waals surface area contributed by atoms with Crippen LogP contribution in [0.4, 0.5) is 10.1 Å². The Labute approximate surface area is 168 Å². The summed E-state index contributed by atoms with van der Waals surface area (Å²) in [7, 11) is 0. The largest absolute Gasteiger partial charge is 0.492 e. The standard InChI is InChI=1S/C21H23ClFNO4/c1-4-16(5-2)28-19-10-14(9-18(20(19)22)27-6-3)21(26)24-15-8-7-13(12-25)17(23)11-15/h7-12,16H,4-6H2,1-3H3,(H,24,26). The third kappa shape index (κ3) is 5.23. The van der Waals surface area contributed by atoms with Crippen molar-refractivity contribution in [1.29, 1.82) is 0 Å². The number of hydrogen-bond acceptors (Lipinski definition) is 4. The Morgan fingerprint density at radius 1 is 1.18 bits per heavy atom. The number of ether oxygens (including phenoxy) is 2. The highest BCUT2D eigenvalue weighted by Crippen LogP contribution is 2.37. The van der Waals surface area contributed by atoms with E-state index in [1.54, 1.807) is 0 Å². The second-order valence-corrected chi connectivity index (χ2v) is 6.46. The van der Waals surface area contributed by atoms with Gasteiger partial charge in [-0.15, -0.1) is 0 Å². The summed E-state index contributed by atoms with van der Waals surface area (Å²) in [6.45, 7) is 6.18. The minimum Gasteiger partial charge on any atom is -0.492 e. The van der Waals surface area contributed by atoms with Gasteiger partial charge in [-0.1, -0.05) is 25.4 Å². The summed E-state index contributed by atoms with van der Waals surface area (Å²) in [6, 6.07) is 6.88. The van der Waals surface area contributed by atoms with Gasteiger partial charge in [-0.25, -0.2) is 4.39 Å². The molecule has 0 saturated heterocycles. The van der Waals surface area contributed by atoms with E-state index in [-0.39, 0.29) is 22.9 Å². The average molecular weight is 408 g/mol. The fourth-order valence-corrected chi connectivity index (χ4v) is 2.80. The van der Waals surface area contributed by atoms with Crippen LogP contribution >= 0.6 is 11.6 Å². The van der Waals surface area contributed by atoms with Gasteiger partial charge in [0.15, 0.2) is 6.29 Å². The van der Waals surface area contributed by atoms with Crippen molar-refractivity contribution in [2.45, 2.75) is 39.7 Å². The van der Waals surface area contributed by atoms with Crippen molar-refractivity contribution in [3.8, 4) is 11.5 Å². The molecule has 5 nitrogen and oxygen atoms in total. The van der Waals surface area contributed by atoms with E-state index in [0.29, 0.717) is 29.4 Å². The summed E-state index contributed by atoms with van der Waals surface area (Å²) in [5.74, 6) is -0.504. The van der Waals surface area contributed by atoms with E-state index in [0.717, 1.165) is 18.9 Å². The first-order valence-electron chi connectivity index (χ1n) is 9.12. The number of rotatable bonds is 9. The molecular formula is C21H23ClFNO4. The molecule has 0 saturated carbocycles. The van der Waals surface area contributed by atoms with Gasteiger partial charge in [0, 0.05) is 11.3 Å². The average Bonchev–Trinajstić information content (AvgIpc) is 2.68. The highest BCUT2D eigenvalue weighted by Gasteiger charge is 2.18. The molecule has 2 aromatic rings. The van der Waals surface area contributed by atoms with Crippen LogP contribution in [0.2, 0.25) is 5.02 Å². The first-order valence-corrected chi connectivity index (χ1v) is 9.50. The lowest BCUT2D eigenvalue weighted by molar-refractivity contribution is 0.102. The van der Waals surface area contributed by atoms with Crippen LogP contribution < -0.4 is 14.8 Å². The highest BCUT2D eigenvalue weighted by molar-refractivity contribution is 6.33. The lowest BCUT2D eigenvalue weighted by atomic mass is 10.1. The van der Waals surface area contributed by atoms with Crippen molar-refractivity contribution < 1.29 is 23.5 Å². The zero-order chi connectivity index (χ0) is 20.7.